The van der Waals surface area contributed by atoms with Crippen molar-refractivity contribution < 1.29 is 14.3 Å². The van der Waals surface area contributed by atoms with Crippen molar-refractivity contribution >= 4 is 18.0 Å². The molecule has 6 heteroatoms. The molecule has 0 spiro atoms. The van der Waals surface area contributed by atoms with Gasteiger partial charge in [0.25, 0.3) is 5.91 Å². The number of piperidine rings is 1. The Kier molecular flexibility index (Phi) is 6.86. The van der Waals surface area contributed by atoms with Gasteiger partial charge in [-0.1, -0.05) is 25.1 Å². The highest BCUT2D eigenvalue weighted by Crippen LogP contribution is 2.20. The maximum absolute atomic E-state index is 12.4. The van der Waals surface area contributed by atoms with Gasteiger partial charge >= 0.3 is 5.97 Å². The SMILES string of the molecule is CC[C@@H]1CCCCN1C(=O)COC(=O)/C=C/c1c(C)nn(-c2ccccc2)c1C. The van der Waals surface area contributed by atoms with Crippen LogP contribution in [0.15, 0.2) is 36.4 Å². The van der Waals surface area contributed by atoms with E-state index in [2.05, 4.69) is 12.0 Å². The Morgan fingerprint density at radius 1 is 1.21 bits per heavy atom. The molecule has 0 aliphatic carbocycles. The highest BCUT2D eigenvalue weighted by atomic mass is 16.5. The Hall–Kier alpha value is -2.89. The van der Waals surface area contributed by atoms with Crippen LogP contribution in [-0.2, 0) is 14.3 Å². The third-order valence-corrected chi connectivity index (χ3v) is 5.49. The van der Waals surface area contributed by atoms with Gasteiger partial charge in [0.2, 0.25) is 0 Å². The summed E-state index contributed by atoms with van der Waals surface area (Å²) in [6.07, 6.45) is 7.20. The Labute approximate surface area is 172 Å². The van der Waals surface area contributed by atoms with E-state index in [1.54, 1.807) is 6.08 Å². The van der Waals surface area contributed by atoms with Gasteiger partial charge in [-0.15, -0.1) is 0 Å². The van der Waals surface area contributed by atoms with Crippen LogP contribution < -0.4 is 0 Å². The maximum atomic E-state index is 12.4. The number of para-hydroxylation sites is 1. The fourth-order valence-electron chi connectivity index (χ4n) is 3.89. The molecule has 29 heavy (non-hydrogen) atoms. The minimum atomic E-state index is -0.519. The molecule has 0 N–H and O–H groups in total. The van der Waals surface area contributed by atoms with E-state index < -0.39 is 5.97 Å². The number of carbonyl (C=O) groups is 2. The molecule has 1 aliphatic heterocycles. The lowest BCUT2D eigenvalue weighted by atomic mass is 10.00. The molecule has 6 nitrogen and oxygen atoms in total. The first-order valence-corrected chi connectivity index (χ1v) is 10.3. The molecule has 154 valence electrons. The van der Waals surface area contributed by atoms with E-state index in [-0.39, 0.29) is 18.6 Å². The van der Waals surface area contributed by atoms with Gasteiger partial charge in [-0.3, -0.25) is 4.79 Å². The van der Waals surface area contributed by atoms with E-state index in [1.165, 1.54) is 6.08 Å². The van der Waals surface area contributed by atoms with Crippen molar-refractivity contribution in [1.29, 1.82) is 0 Å². The van der Waals surface area contributed by atoms with Crippen molar-refractivity contribution in [3.63, 3.8) is 0 Å². The minimum absolute atomic E-state index is 0.109. The summed E-state index contributed by atoms with van der Waals surface area (Å²) >= 11 is 0. The van der Waals surface area contributed by atoms with Crippen molar-refractivity contribution in [1.82, 2.24) is 14.7 Å². The van der Waals surface area contributed by atoms with Crippen molar-refractivity contribution in [3.8, 4) is 5.69 Å². The largest absolute Gasteiger partial charge is 0.452 e. The van der Waals surface area contributed by atoms with Crippen LogP contribution in [0.3, 0.4) is 0 Å². The van der Waals surface area contributed by atoms with Crippen LogP contribution in [0.25, 0.3) is 11.8 Å². The molecule has 1 saturated heterocycles. The average Bonchev–Trinajstić information content (AvgIpc) is 3.04. The first-order valence-electron chi connectivity index (χ1n) is 10.3. The van der Waals surface area contributed by atoms with E-state index in [0.717, 1.165) is 54.9 Å². The number of hydrogen-bond donors (Lipinski definition) is 0. The molecular formula is C23H29N3O3. The van der Waals surface area contributed by atoms with Gasteiger partial charge in [0, 0.05) is 29.9 Å². The highest BCUT2D eigenvalue weighted by molar-refractivity contribution is 5.89. The summed E-state index contributed by atoms with van der Waals surface area (Å²) in [6.45, 7) is 6.50. The molecule has 0 bridgehead atoms. The lowest BCUT2D eigenvalue weighted by Gasteiger charge is -2.35. The molecule has 1 amide bonds. The molecule has 1 fully saturated rings. The number of nitrogens with zero attached hydrogens (tertiary/aromatic N) is 3. The van der Waals surface area contributed by atoms with Crippen LogP contribution in [0.1, 0.15) is 49.6 Å². The maximum Gasteiger partial charge on any atom is 0.331 e. The quantitative estimate of drug-likeness (QED) is 0.551. The van der Waals surface area contributed by atoms with E-state index in [4.69, 9.17) is 4.74 Å². The normalized spacial score (nSPS) is 16.9. The van der Waals surface area contributed by atoms with Gasteiger partial charge in [0.1, 0.15) is 0 Å². The van der Waals surface area contributed by atoms with Crippen LogP contribution >= 0.6 is 0 Å². The molecule has 1 aliphatic rings. The Morgan fingerprint density at radius 3 is 2.69 bits per heavy atom. The topological polar surface area (TPSA) is 64.4 Å². The zero-order chi connectivity index (χ0) is 20.8. The van der Waals surface area contributed by atoms with Crippen LogP contribution in [0.4, 0.5) is 0 Å². The van der Waals surface area contributed by atoms with Crippen LogP contribution in [0.2, 0.25) is 0 Å². The number of carbonyl (C=O) groups excluding carboxylic acids is 2. The minimum Gasteiger partial charge on any atom is -0.452 e. The Bertz CT molecular complexity index is 886. The molecule has 0 unspecified atom stereocenters. The molecule has 1 aromatic heterocycles. The van der Waals surface area contributed by atoms with Crippen LogP contribution in [0, 0.1) is 13.8 Å². The van der Waals surface area contributed by atoms with Gasteiger partial charge in [0.05, 0.1) is 11.4 Å². The van der Waals surface area contributed by atoms with Crippen LogP contribution in [0.5, 0.6) is 0 Å². The predicted octanol–water partition coefficient (Wildman–Crippen LogP) is 3.84. The van der Waals surface area contributed by atoms with E-state index in [9.17, 15) is 9.59 Å². The Morgan fingerprint density at radius 2 is 1.97 bits per heavy atom. The second kappa shape index (κ2) is 9.54. The third-order valence-electron chi connectivity index (χ3n) is 5.49. The van der Waals surface area contributed by atoms with E-state index in [1.807, 2.05) is 53.8 Å². The van der Waals surface area contributed by atoms with Gasteiger partial charge in [0.15, 0.2) is 6.61 Å². The summed E-state index contributed by atoms with van der Waals surface area (Å²) in [5, 5.41) is 4.56. The fraction of sp³-hybridized carbons (Fsp3) is 0.435. The molecule has 0 saturated carbocycles. The number of amides is 1. The summed E-state index contributed by atoms with van der Waals surface area (Å²) < 4.78 is 7.05. The molecule has 1 aromatic carbocycles. The number of rotatable bonds is 6. The van der Waals surface area contributed by atoms with E-state index in [0.29, 0.717) is 0 Å². The lowest BCUT2D eigenvalue weighted by molar-refractivity contribution is -0.150. The first-order chi connectivity index (χ1) is 14.0. The highest BCUT2D eigenvalue weighted by Gasteiger charge is 2.25. The van der Waals surface area contributed by atoms with Crippen molar-refractivity contribution in [3.05, 3.63) is 53.4 Å². The predicted molar refractivity (Wildman–Crippen MR) is 113 cm³/mol. The summed E-state index contributed by atoms with van der Waals surface area (Å²) in [6, 6.07) is 10.1. The zero-order valence-corrected chi connectivity index (χ0v) is 17.4. The lowest BCUT2D eigenvalue weighted by Crippen LogP contribution is -2.45. The Balaban J connectivity index is 1.61. The number of aromatic nitrogens is 2. The smallest absolute Gasteiger partial charge is 0.331 e. The molecular weight excluding hydrogens is 366 g/mol. The molecule has 2 heterocycles. The van der Waals surface area contributed by atoms with Gasteiger partial charge in [-0.25, -0.2) is 9.48 Å². The number of benzene rings is 1. The van der Waals surface area contributed by atoms with Crippen molar-refractivity contribution in [2.45, 2.75) is 52.5 Å². The molecule has 2 aromatic rings. The second-order valence-electron chi connectivity index (χ2n) is 7.42. The van der Waals surface area contributed by atoms with E-state index >= 15 is 0 Å². The number of likely N-dealkylation sites (tertiary alicyclic amines) is 1. The number of ether oxygens (including phenoxy) is 1. The molecule has 1 atom stereocenters. The summed E-state index contributed by atoms with van der Waals surface area (Å²) in [5.41, 5.74) is 3.60. The second-order valence-corrected chi connectivity index (χ2v) is 7.42. The number of esters is 1. The summed E-state index contributed by atoms with van der Waals surface area (Å²) in [5.74, 6) is -0.628. The van der Waals surface area contributed by atoms with Gasteiger partial charge in [-0.2, -0.15) is 5.10 Å². The zero-order valence-electron chi connectivity index (χ0n) is 17.4. The molecule has 0 radical (unpaired) electrons. The van der Waals surface area contributed by atoms with Crippen molar-refractivity contribution in [2.75, 3.05) is 13.2 Å². The monoisotopic (exact) mass is 395 g/mol. The summed E-state index contributed by atoms with van der Waals surface area (Å²) in [7, 11) is 0. The van der Waals surface area contributed by atoms with Crippen molar-refractivity contribution in [2.24, 2.45) is 0 Å². The van der Waals surface area contributed by atoms with Gasteiger partial charge < -0.3 is 9.64 Å². The third kappa shape index (κ3) is 4.94. The van der Waals surface area contributed by atoms with Crippen LogP contribution in [-0.4, -0.2) is 45.8 Å². The fourth-order valence-corrected chi connectivity index (χ4v) is 3.89. The first kappa shape index (κ1) is 20.8. The summed E-state index contributed by atoms with van der Waals surface area (Å²) in [4.78, 5) is 26.4. The van der Waals surface area contributed by atoms with Gasteiger partial charge in [-0.05, 0) is 57.7 Å². The number of hydrogen-bond acceptors (Lipinski definition) is 4. The average molecular weight is 396 g/mol. The standard InChI is InChI=1S/C23H29N3O3/c1-4-19-10-8-9-15-25(19)22(27)16-29-23(28)14-13-21-17(2)24-26(18(21)3)20-11-6-5-7-12-20/h5-7,11-14,19H,4,8-10,15-16H2,1-3H3/b14-13+/t19-/m1/s1. The molecule has 3 rings (SSSR count). The number of aryl methyl sites for hydroxylation is 1.